The van der Waals surface area contributed by atoms with Gasteiger partial charge in [0.1, 0.15) is 18.2 Å². The van der Waals surface area contributed by atoms with Gasteiger partial charge in [0, 0.05) is 11.6 Å². The van der Waals surface area contributed by atoms with E-state index >= 15 is 0 Å². The first-order valence-corrected chi connectivity index (χ1v) is 4.07. The molecule has 3 N–H and O–H groups in total. The highest BCUT2D eigenvalue weighted by Gasteiger charge is 2.38. The maximum absolute atomic E-state index is 13.0. The number of rotatable bonds is 3. The molecule has 0 fully saturated rings. The van der Waals surface area contributed by atoms with Crippen molar-refractivity contribution in [2.45, 2.75) is 12.0 Å². The highest BCUT2D eigenvalue weighted by molar-refractivity contribution is 5.85. The van der Waals surface area contributed by atoms with E-state index < -0.39 is 35.8 Å². The molecule has 0 aliphatic heterocycles. The van der Waals surface area contributed by atoms with E-state index in [-0.39, 0.29) is 12.4 Å². The zero-order valence-electron chi connectivity index (χ0n) is 7.96. The summed E-state index contributed by atoms with van der Waals surface area (Å²) in [7, 11) is 0. The quantitative estimate of drug-likeness (QED) is 0.816. The molecule has 0 aliphatic rings. The summed E-state index contributed by atoms with van der Waals surface area (Å²) in [5, 5.41) is 8.34. The van der Waals surface area contributed by atoms with Crippen molar-refractivity contribution >= 4 is 12.4 Å². The Morgan fingerprint density at radius 3 is 2.31 bits per heavy atom. The van der Waals surface area contributed by atoms with Crippen LogP contribution in [0, 0.1) is 11.6 Å². The van der Waals surface area contributed by atoms with Crippen molar-refractivity contribution in [3.8, 4) is 0 Å². The number of benzene rings is 1. The zero-order valence-corrected chi connectivity index (χ0v) is 8.78. The van der Waals surface area contributed by atoms with Crippen molar-refractivity contribution in [3.63, 3.8) is 0 Å². The van der Waals surface area contributed by atoms with Gasteiger partial charge in [-0.2, -0.15) is 0 Å². The summed E-state index contributed by atoms with van der Waals surface area (Å²) in [6.07, 6.45) is 0. The Morgan fingerprint density at radius 2 is 1.88 bits per heavy atom. The maximum atomic E-state index is 13.0. The lowest BCUT2D eigenvalue weighted by Gasteiger charge is -2.21. The summed E-state index contributed by atoms with van der Waals surface area (Å²) in [4.78, 5) is 0. The molecule has 2 nitrogen and oxygen atoms in total. The molecule has 1 aromatic rings. The first kappa shape index (κ1) is 15.2. The van der Waals surface area contributed by atoms with Crippen LogP contribution in [0.3, 0.4) is 0 Å². The Bertz CT molecular complexity index is 361. The monoisotopic (exact) mass is 259 g/mol. The highest BCUT2D eigenvalue weighted by atomic mass is 35.5. The molecule has 1 aromatic carbocycles. The molecule has 0 aromatic heterocycles. The fourth-order valence-corrected chi connectivity index (χ4v) is 1.08. The molecule has 1 atom stereocenters. The number of halogens is 5. The van der Waals surface area contributed by atoms with Gasteiger partial charge in [0.05, 0.1) is 6.04 Å². The van der Waals surface area contributed by atoms with Gasteiger partial charge in [-0.1, -0.05) is 6.07 Å². The molecule has 0 saturated heterocycles. The van der Waals surface area contributed by atoms with E-state index in [0.29, 0.717) is 6.07 Å². The number of aliphatic hydroxyl groups is 1. The van der Waals surface area contributed by atoms with Gasteiger partial charge in [-0.3, -0.25) is 0 Å². The molecule has 0 unspecified atom stereocenters. The molecule has 1 rings (SSSR count). The minimum Gasteiger partial charge on any atom is -0.390 e. The molecule has 7 heteroatoms. The van der Waals surface area contributed by atoms with E-state index in [0.717, 1.165) is 12.1 Å². The predicted molar refractivity (Wildman–Crippen MR) is 52.6 cm³/mol. The summed E-state index contributed by atoms with van der Waals surface area (Å²) in [5.41, 5.74) is 4.53. The van der Waals surface area contributed by atoms with E-state index in [4.69, 9.17) is 10.8 Å². The summed E-state index contributed by atoms with van der Waals surface area (Å²) < 4.78 is 51.3. The van der Waals surface area contributed by atoms with Crippen LogP contribution in [-0.2, 0) is 0 Å². The summed E-state index contributed by atoms with van der Waals surface area (Å²) >= 11 is 0. The fraction of sp³-hybridized carbons (Fsp3) is 0.333. The lowest BCUT2D eigenvalue weighted by molar-refractivity contribution is -0.0719. The molecule has 92 valence electrons. The van der Waals surface area contributed by atoms with Crippen LogP contribution in [0.15, 0.2) is 18.2 Å². The second-order valence-corrected chi connectivity index (χ2v) is 3.06. The van der Waals surface area contributed by atoms with Crippen molar-refractivity contribution < 1.29 is 22.7 Å². The summed E-state index contributed by atoms with van der Waals surface area (Å²) in [6.45, 7) is -1.50. The number of hydrogen-bond donors (Lipinski definition) is 2. The van der Waals surface area contributed by atoms with Crippen molar-refractivity contribution in [1.82, 2.24) is 0 Å². The third-order valence-corrected chi connectivity index (χ3v) is 1.96. The van der Waals surface area contributed by atoms with Crippen LogP contribution in [0.2, 0.25) is 0 Å². The van der Waals surface area contributed by atoms with E-state index in [1.54, 1.807) is 0 Å². The Kier molecular flexibility index (Phi) is 5.18. The Balaban J connectivity index is 0.00000225. The smallest absolute Gasteiger partial charge is 0.289 e. The molecule has 0 saturated carbocycles. The summed E-state index contributed by atoms with van der Waals surface area (Å²) in [5.74, 6) is -5.68. The van der Waals surface area contributed by atoms with Gasteiger partial charge in [-0.05, 0) is 6.07 Å². The highest BCUT2D eigenvalue weighted by Crippen LogP contribution is 2.30. The molecule has 16 heavy (non-hydrogen) atoms. The number of hydrogen-bond acceptors (Lipinski definition) is 2. The molecular formula is C9H10ClF4NO. The molecule has 0 bridgehead atoms. The van der Waals surface area contributed by atoms with Crippen molar-refractivity contribution in [2.75, 3.05) is 6.61 Å². The van der Waals surface area contributed by atoms with Crippen LogP contribution < -0.4 is 5.73 Å². The van der Waals surface area contributed by atoms with Gasteiger partial charge in [-0.15, -0.1) is 12.4 Å². The molecule has 0 spiro atoms. The second kappa shape index (κ2) is 5.47. The molecule has 0 heterocycles. The first-order valence-electron chi connectivity index (χ1n) is 4.07. The molecule has 0 radical (unpaired) electrons. The predicted octanol–water partition coefficient (Wildman–Crippen LogP) is 2.01. The molecular weight excluding hydrogens is 250 g/mol. The minimum atomic E-state index is -3.64. The Hall–Kier alpha value is -0.850. The Morgan fingerprint density at radius 1 is 1.31 bits per heavy atom. The summed E-state index contributed by atoms with van der Waals surface area (Å²) in [6, 6.07) is 0.121. The average Bonchev–Trinajstić information content (AvgIpc) is 2.17. The lowest BCUT2D eigenvalue weighted by Crippen LogP contribution is -2.36. The van der Waals surface area contributed by atoms with Crippen LogP contribution in [0.4, 0.5) is 17.6 Å². The van der Waals surface area contributed by atoms with Gasteiger partial charge < -0.3 is 10.8 Å². The van der Waals surface area contributed by atoms with Crippen LogP contribution >= 0.6 is 12.4 Å². The maximum Gasteiger partial charge on any atom is 0.289 e. The fourth-order valence-electron chi connectivity index (χ4n) is 1.08. The largest absolute Gasteiger partial charge is 0.390 e. The lowest BCUT2D eigenvalue weighted by atomic mass is 10.0. The van der Waals surface area contributed by atoms with Gasteiger partial charge in [0.2, 0.25) is 0 Å². The average molecular weight is 260 g/mol. The topological polar surface area (TPSA) is 46.2 Å². The SMILES string of the molecule is Cl.N[C@H](c1ccc(F)cc1F)C(F)(F)CO. The van der Waals surface area contributed by atoms with Crippen LogP contribution in [0.5, 0.6) is 0 Å². The third kappa shape index (κ3) is 3.07. The van der Waals surface area contributed by atoms with Gasteiger partial charge in [-0.25, -0.2) is 17.6 Å². The van der Waals surface area contributed by atoms with Crippen molar-refractivity contribution in [1.29, 1.82) is 0 Å². The van der Waals surface area contributed by atoms with Crippen LogP contribution in [0.25, 0.3) is 0 Å². The van der Waals surface area contributed by atoms with Crippen LogP contribution in [0.1, 0.15) is 11.6 Å². The molecule has 0 aliphatic carbocycles. The second-order valence-electron chi connectivity index (χ2n) is 3.06. The van der Waals surface area contributed by atoms with Crippen LogP contribution in [-0.4, -0.2) is 17.6 Å². The van der Waals surface area contributed by atoms with E-state index in [2.05, 4.69) is 0 Å². The third-order valence-electron chi connectivity index (χ3n) is 1.96. The van der Waals surface area contributed by atoms with Crippen molar-refractivity contribution in [3.05, 3.63) is 35.4 Å². The minimum absolute atomic E-state index is 0. The van der Waals surface area contributed by atoms with Crippen molar-refractivity contribution in [2.24, 2.45) is 5.73 Å². The standard InChI is InChI=1S/C9H9F4NO.ClH/c10-5-1-2-6(7(11)3-5)8(14)9(12,13)4-15;/h1-3,8,15H,4,14H2;1H/t8-;/m1./s1. The van der Waals surface area contributed by atoms with E-state index in [1.807, 2.05) is 0 Å². The molecule has 0 amide bonds. The number of alkyl halides is 2. The van der Waals surface area contributed by atoms with Gasteiger partial charge in [0.15, 0.2) is 0 Å². The Labute approximate surface area is 95.5 Å². The number of aliphatic hydroxyl groups excluding tert-OH is 1. The van der Waals surface area contributed by atoms with Gasteiger partial charge in [0.25, 0.3) is 5.92 Å². The zero-order chi connectivity index (χ0) is 11.6. The van der Waals surface area contributed by atoms with E-state index in [9.17, 15) is 17.6 Å². The van der Waals surface area contributed by atoms with Gasteiger partial charge >= 0.3 is 0 Å². The first-order chi connectivity index (χ1) is 6.88. The normalized spacial score (nSPS) is 13.1. The van der Waals surface area contributed by atoms with E-state index in [1.165, 1.54) is 0 Å². The number of nitrogens with two attached hydrogens (primary N) is 1.